The van der Waals surface area contributed by atoms with Crippen molar-refractivity contribution in [3.8, 4) is 0 Å². The molecule has 20 heavy (non-hydrogen) atoms. The van der Waals surface area contributed by atoms with Crippen LogP contribution >= 0.6 is 0 Å². The summed E-state index contributed by atoms with van der Waals surface area (Å²) < 4.78 is 2.41. The van der Waals surface area contributed by atoms with Crippen LogP contribution in [0.1, 0.15) is 57.9 Å². The van der Waals surface area contributed by atoms with Gasteiger partial charge in [0.15, 0.2) is 0 Å². The van der Waals surface area contributed by atoms with Crippen LogP contribution in [0.4, 0.5) is 0 Å². The van der Waals surface area contributed by atoms with Gasteiger partial charge in [0, 0.05) is 6.04 Å². The molecule has 1 aliphatic rings. The lowest BCUT2D eigenvalue weighted by atomic mass is 10.1. The number of hydrogen-bond donors (Lipinski definition) is 0. The zero-order chi connectivity index (χ0) is 14.1. The van der Waals surface area contributed by atoms with E-state index >= 15 is 0 Å². The second-order valence-electron chi connectivity index (χ2n) is 6.20. The first kappa shape index (κ1) is 13.6. The number of hydrogen-bond acceptors (Lipinski definition) is 2. The molecule has 1 fully saturated rings. The molecule has 0 spiro atoms. The van der Waals surface area contributed by atoms with Gasteiger partial charge in [0.05, 0.1) is 17.1 Å². The molecule has 3 heteroatoms. The van der Waals surface area contributed by atoms with E-state index in [1.54, 1.807) is 0 Å². The molecule has 1 aromatic carbocycles. The summed E-state index contributed by atoms with van der Waals surface area (Å²) in [7, 11) is 0. The standard InChI is InChI=1S/C17H25N3/c1-13(2)20-16-10-6-5-9-15(16)18-17(20)14(3)19-11-7-4-8-12-19/h5-6,9-10,13-14H,4,7-8,11-12H2,1-3H3/t14-/m1/s1. The lowest BCUT2D eigenvalue weighted by Crippen LogP contribution is -2.33. The number of piperidine rings is 1. The average molecular weight is 271 g/mol. The van der Waals surface area contributed by atoms with E-state index in [0.717, 1.165) is 5.52 Å². The monoisotopic (exact) mass is 271 g/mol. The molecule has 0 aliphatic carbocycles. The summed E-state index contributed by atoms with van der Waals surface area (Å²) in [5.41, 5.74) is 2.39. The largest absolute Gasteiger partial charge is 0.324 e. The lowest BCUT2D eigenvalue weighted by molar-refractivity contribution is 0.165. The third-order valence-electron chi connectivity index (χ3n) is 4.45. The summed E-state index contributed by atoms with van der Waals surface area (Å²) >= 11 is 0. The molecule has 1 atom stereocenters. The van der Waals surface area contributed by atoms with Gasteiger partial charge in [-0.2, -0.15) is 0 Å². The maximum atomic E-state index is 4.93. The minimum atomic E-state index is 0.408. The summed E-state index contributed by atoms with van der Waals surface area (Å²) in [5.74, 6) is 1.23. The van der Waals surface area contributed by atoms with Crippen molar-refractivity contribution in [3.63, 3.8) is 0 Å². The van der Waals surface area contributed by atoms with E-state index in [1.807, 2.05) is 0 Å². The molecule has 0 unspecified atom stereocenters. The Morgan fingerprint density at radius 3 is 2.40 bits per heavy atom. The molecular formula is C17H25N3. The molecule has 1 aromatic heterocycles. The summed E-state index contributed by atoms with van der Waals surface area (Å²) in [5, 5.41) is 0. The number of imidazole rings is 1. The number of nitrogens with zero attached hydrogens (tertiary/aromatic N) is 3. The Balaban J connectivity index is 2.03. The lowest BCUT2D eigenvalue weighted by Gasteiger charge is -2.32. The number of para-hydroxylation sites is 2. The Bertz CT molecular complexity index is 579. The van der Waals surface area contributed by atoms with Gasteiger partial charge in [-0.15, -0.1) is 0 Å². The van der Waals surface area contributed by atoms with Crippen molar-refractivity contribution in [1.29, 1.82) is 0 Å². The van der Waals surface area contributed by atoms with Gasteiger partial charge in [-0.05, 0) is 58.8 Å². The van der Waals surface area contributed by atoms with Gasteiger partial charge in [0.25, 0.3) is 0 Å². The van der Waals surface area contributed by atoms with Crippen LogP contribution in [0.2, 0.25) is 0 Å². The van der Waals surface area contributed by atoms with Crippen molar-refractivity contribution >= 4 is 11.0 Å². The van der Waals surface area contributed by atoms with Crippen LogP contribution in [0.5, 0.6) is 0 Å². The van der Waals surface area contributed by atoms with Crippen molar-refractivity contribution in [1.82, 2.24) is 14.5 Å². The van der Waals surface area contributed by atoms with Crippen molar-refractivity contribution in [2.75, 3.05) is 13.1 Å². The summed E-state index contributed by atoms with van der Waals surface area (Å²) in [6.45, 7) is 9.23. The number of benzene rings is 1. The van der Waals surface area contributed by atoms with E-state index in [0.29, 0.717) is 12.1 Å². The van der Waals surface area contributed by atoms with Crippen molar-refractivity contribution in [2.45, 2.75) is 52.1 Å². The molecule has 0 saturated carbocycles. The van der Waals surface area contributed by atoms with Crippen molar-refractivity contribution < 1.29 is 0 Å². The van der Waals surface area contributed by atoms with Crippen LogP contribution in [0.15, 0.2) is 24.3 Å². The van der Waals surface area contributed by atoms with Gasteiger partial charge in [0.2, 0.25) is 0 Å². The van der Waals surface area contributed by atoms with Crippen LogP contribution in [0.25, 0.3) is 11.0 Å². The molecule has 3 nitrogen and oxygen atoms in total. The summed E-state index contributed by atoms with van der Waals surface area (Å²) in [6, 6.07) is 9.36. The van der Waals surface area contributed by atoms with E-state index in [9.17, 15) is 0 Å². The minimum Gasteiger partial charge on any atom is -0.324 e. The van der Waals surface area contributed by atoms with Crippen LogP contribution in [0.3, 0.4) is 0 Å². The number of likely N-dealkylation sites (tertiary alicyclic amines) is 1. The third kappa shape index (κ3) is 2.35. The van der Waals surface area contributed by atoms with E-state index in [-0.39, 0.29) is 0 Å². The molecule has 0 amide bonds. The highest BCUT2D eigenvalue weighted by atomic mass is 15.2. The molecule has 108 valence electrons. The van der Waals surface area contributed by atoms with Gasteiger partial charge in [-0.25, -0.2) is 4.98 Å². The highest BCUT2D eigenvalue weighted by Gasteiger charge is 2.24. The fraction of sp³-hybridized carbons (Fsp3) is 0.588. The molecule has 2 heterocycles. The first-order chi connectivity index (χ1) is 9.68. The van der Waals surface area contributed by atoms with E-state index in [1.165, 1.54) is 43.7 Å². The van der Waals surface area contributed by atoms with E-state index in [2.05, 4.69) is 54.5 Å². The molecule has 0 bridgehead atoms. The molecule has 1 saturated heterocycles. The Labute approximate surface area is 121 Å². The Morgan fingerprint density at radius 2 is 1.70 bits per heavy atom. The third-order valence-corrected chi connectivity index (χ3v) is 4.45. The minimum absolute atomic E-state index is 0.408. The first-order valence-corrected chi connectivity index (χ1v) is 7.89. The van der Waals surface area contributed by atoms with Crippen LogP contribution < -0.4 is 0 Å². The van der Waals surface area contributed by atoms with E-state index in [4.69, 9.17) is 4.98 Å². The first-order valence-electron chi connectivity index (χ1n) is 7.89. The number of aromatic nitrogens is 2. The van der Waals surface area contributed by atoms with Crippen LogP contribution in [-0.2, 0) is 0 Å². The van der Waals surface area contributed by atoms with Crippen molar-refractivity contribution in [3.05, 3.63) is 30.1 Å². The number of rotatable bonds is 3. The maximum absolute atomic E-state index is 4.93. The molecule has 2 aromatic rings. The topological polar surface area (TPSA) is 21.1 Å². The highest BCUT2D eigenvalue weighted by molar-refractivity contribution is 5.76. The quantitative estimate of drug-likeness (QED) is 0.835. The molecule has 1 aliphatic heterocycles. The fourth-order valence-electron chi connectivity index (χ4n) is 3.37. The molecule has 3 rings (SSSR count). The van der Waals surface area contributed by atoms with Gasteiger partial charge >= 0.3 is 0 Å². The smallest absolute Gasteiger partial charge is 0.127 e. The van der Waals surface area contributed by atoms with Gasteiger partial charge in [0.1, 0.15) is 5.82 Å². The van der Waals surface area contributed by atoms with Gasteiger partial charge in [-0.1, -0.05) is 18.6 Å². The molecule has 0 radical (unpaired) electrons. The predicted molar refractivity (Wildman–Crippen MR) is 84.0 cm³/mol. The zero-order valence-electron chi connectivity index (χ0n) is 12.8. The highest BCUT2D eigenvalue weighted by Crippen LogP contribution is 2.29. The fourth-order valence-corrected chi connectivity index (χ4v) is 3.37. The van der Waals surface area contributed by atoms with Crippen LogP contribution in [-0.4, -0.2) is 27.5 Å². The molecular weight excluding hydrogens is 246 g/mol. The van der Waals surface area contributed by atoms with Crippen molar-refractivity contribution in [2.24, 2.45) is 0 Å². The van der Waals surface area contributed by atoms with E-state index < -0.39 is 0 Å². The Hall–Kier alpha value is -1.35. The normalized spacial score (nSPS) is 18.8. The Morgan fingerprint density at radius 1 is 1.00 bits per heavy atom. The maximum Gasteiger partial charge on any atom is 0.127 e. The average Bonchev–Trinajstić information content (AvgIpc) is 2.86. The van der Waals surface area contributed by atoms with Crippen LogP contribution in [0, 0.1) is 0 Å². The number of fused-ring (bicyclic) bond motifs is 1. The van der Waals surface area contributed by atoms with Gasteiger partial charge < -0.3 is 4.57 Å². The second kappa shape index (κ2) is 5.57. The van der Waals surface area contributed by atoms with Gasteiger partial charge in [-0.3, -0.25) is 4.90 Å². The predicted octanol–water partition coefficient (Wildman–Crippen LogP) is 4.16. The second-order valence-corrected chi connectivity index (χ2v) is 6.20. The summed E-state index contributed by atoms with van der Waals surface area (Å²) in [4.78, 5) is 7.52. The Kier molecular flexibility index (Phi) is 3.79. The molecule has 0 N–H and O–H groups in total. The summed E-state index contributed by atoms with van der Waals surface area (Å²) in [6.07, 6.45) is 4.03. The SMILES string of the molecule is CC(C)n1c([C@@H](C)N2CCCCC2)nc2ccccc21. The zero-order valence-corrected chi connectivity index (χ0v) is 12.8.